The van der Waals surface area contributed by atoms with Gasteiger partial charge in [0.2, 0.25) is 0 Å². The number of Topliss-reactive ketones (excluding diaryl/α,β-unsaturated/α-hetero) is 1. The summed E-state index contributed by atoms with van der Waals surface area (Å²) in [5.74, 6) is 0.670. The van der Waals surface area contributed by atoms with Crippen LogP contribution in [0.4, 0.5) is 0 Å². The van der Waals surface area contributed by atoms with Crippen molar-refractivity contribution in [3.8, 4) is 0 Å². The van der Waals surface area contributed by atoms with Crippen molar-refractivity contribution in [2.75, 3.05) is 0 Å². The smallest absolute Gasteiger partial charge is 0.136 e. The Morgan fingerprint density at radius 3 is 2.40 bits per heavy atom. The van der Waals surface area contributed by atoms with Gasteiger partial charge in [0.05, 0.1) is 0 Å². The van der Waals surface area contributed by atoms with E-state index in [1.54, 1.807) is 0 Å². The number of ketones is 1. The molecule has 15 heavy (non-hydrogen) atoms. The molecule has 1 saturated carbocycles. The van der Waals surface area contributed by atoms with Crippen molar-refractivity contribution in [2.24, 2.45) is 5.92 Å². The lowest BCUT2D eigenvalue weighted by Crippen LogP contribution is -2.31. The highest BCUT2D eigenvalue weighted by atomic mass is 16.1. The zero-order chi connectivity index (χ0) is 10.9. The summed E-state index contributed by atoms with van der Waals surface area (Å²) in [5, 5.41) is 0. The van der Waals surface area contributed by atoms with Crippen molar-refractivity contribution in [2.45, 2.75) is 38.5 Å². The minimum absolute atomic E-state index is 0.00512. The molecule has 0 amide bonds. The lowest BCUT2D eigenvalue weighted by Gasteiger charge is -2.31. The average molecular weight is 202 g/mol. The van der Waals surface area contributed by atoms with Gasteiger partial charge in [-0.3, -0.25) is 4.79 Å². The Morgan fingerprint density at radius 1 is 1.20 bits per heavy atom. The molecular formula is C14H18O. The SMILES string of the molecule is CC(C)(c1ccccc1)C1CCCC1=O. The highest BCUT2D eigenvalue weighted by molar-refractivity contribution is 5.84. The molecule has 1 aromatic carbocycles. The largest absolute Gasteiger partial charge is 0.299 e. The predicted molar refractivity (Wildman–Crippen MR) is 61.8 cm³/mol. The Balaban J connectivity index is 2.30. The number of carbonyl (C=O) groups excluding carboxylic acids is 1. The van der Waals surface area contributed by atoms with E-state index in [2.05, 4.69) is 38.1 Å². The number of rotatable bonds is 2. The Labute approximate surface area is 91.5 Å². The van der Waals surface area contributed by atoms with Crippen LogP contribution >= 0.6 is 0 Å². The quantitative estimate of drug-likeness (QED) is 0.719. The number of carbonyl (C=O) groups is 1. The Hall–Kier alpha value is -1.11. The van der Waals surface area contributed by atoms with Crippen LogP contribution in [0.1, 0.15) is 38.7 Å². The van der Waals surface area contributed by atoms with Gasteiger partial charge in [0, 0.05) is 12.3 Å². The highest BCUT2D eigenvalue weighted by Crippen LogP contribution is 2.39. The molecule has 0 bridgehead atoms. The first kappa shape index (κ1) is 10.4. The lowest BCUT2D eigenvalue weighted by atomic mass is 9.72. The van der Waals surface area contributed by atoms with Crippen molar-refractivity contribution in [1.82, 2.24) is 0 Å². The number of benzene rings is 1. The standard InChI is InChI=1S/C14H18O/c1-14(2,11-7-4-3-5-8-11)12-9-6-10-13(12)15/h3-5,7-8,12H,6,9-10H2,1-2H3. The molecule has 0 saturated heterocycles. The molecule has 1 atom stereocenters. The van der Waals surface area contributed by atoms with Crippen molar-refractivity contribution in [1.29, 1.82) is 0 Å². The van der Waals surface area contributed by atoms with Crippen molar-refractivity contribution < 1.29 is 4.79 Å². The first-order chi connectivity index (χ1) is 7.12. The molecule has 0 aliphatic heterocycles. The van der Waals surface area contributed by atoms with E-state index in [9.17, 15) is 4.79 Å². The van der Waals surface area contributed by atoms with Gasteiger partial charge in [-0.2, -0.15) is 0 Å². The van der Waals surface area contributed by atoms with Crippen LogP contribution in [0.5, 0.6) is 0 Å². The molecule has 2 rings (SSSR count). The van der Waals surface area contributed by atoms with Crippen LogP contribution in [-0.4, -0.2) is 5.78 Å². The molecule has 1 aromatic rings. The minimum atomic E-state index is -0.00512. The molecule has 1 nitrogen and oxygen atoms in total. The summed E-state index contributed by atoms with van der Waals surface area (Å²) in [6.07, 6.45) is 2.90. The second-order valence-electron chi connectivity index (χ2n) is 5.00. The number of hydrogen-bond acceptors (Lipinski definition) is 1. The molecule has 0 aromatic heterocycles. The minimum Gasteiger partial charge on any atom is -0.299 e. The van der Waals surface area contributed by atoms with Gasteiger partial charge in [0.1, 0.15) is 5.78 Å². The van der Waals surface area contributed by atoms with E-state index in [-0.39, 0.29) is 11.3 Å². The first-order valence-electron chi connectivity index (χ1n) is 5.70. The van der Waals surface area contributed by atoms with E-state index in [4.69, 9.17) is 0 Å². The van der Waals surface area contributed by atoms with Crippen molar-refractivity contribution in [3.05, 3.63) is 35.9 Å². The van der Waals surface area contributed by atoms with Gasteiger partial charge in [-0.25, -0.2) is 0 Å². The Kier molecular flexibility index (Phi) is 2.64. The maximum absolute atomic E-state index is 11.8. The molecule has 1 aliphatic carbocycles. The van der Waals surface area contributed by atoms with E-state index >= 15 is 0 Å². The molecule has 0 heterocycles. The van der Waals surface area contributed by atoms with Gasteiger partial charge in [-0.15, -0.1) is 0 Å². The van der Waals surface area contributed by atoms with Crippen molar-refractivity contribution in [3.63, 3.8) is 0 Å². The molecule has 0 spiro atoms. The van der Waals surface area contributed by atoms with Crippen LogP contribution in [0.25, 0.3) is 0 Å². The summed E-state index contributed by atoms with van der Waals surface area (Å²) in [6, 6.07) is 10.4. The fraction of sp³-hybridized carbons (Fsp3) is 0.500. The lowest BCUT2D eigenvalue weighted by molar-refractivity contribution is -0.122. The van der Waals surface area contributed by atoms with Crippen LogP contribution in [0.15, 0.2) is 30.3 Å². The van der Waals surface area contributed by atoms with Crippen LogP contribution < -0.4 is 0 Å². The summed E-state index contributed by atoms with van der Waals surface area (Å²) in [5.41, 5.74) is 1.28. The van der Waals surface area contributed by atoms with Crippen molar-refractivity contribution >= 4 is 5.78 Å². The third-order valence-corrected chi connectivity index (χ3v) is 3.69. The molecule has 80 valence electrons. The van der Waals surface area contributed by atoms with E-state index in [1.165, 1.54) is 5.56 Å². The van der Waals surface area contributed by atoms with Gasteiger partial charge < -0.3 is 0 Å². The average Bonchev–Trinajstić information content (AvgIpc) is 2.66. The molecule has 0 N–H and O–H groups in total. The monoisotopic (exact) mass is 202 g/mol. The van der Waals surface area contributed by atoms with Crippen LogP contribution in [0, 0.1) is 5.92 Å². The van der Waals surface area contributed by atoms with E-state index < -0.39 is 0 Å². The highest BCUT2D eigenvalue weighted by Gasteiger charge is 2.38. The summed E-state index contributed by atoms with van der Waals surface area (Å²) < 4.78 is 0. The maximum atomic E-state index is 11.8. The first-order valence-corrected chi connectivity index (χ1v) is 5.70. The third kappa shape index (κ3) is 1.83. The second-order valence-corrected chi connectivity index (χ2v) is 5.00. The molecule has 1 fully saturated rings. The Bertz CT molecular complexity index is 351. The van der Waals surface area contributed by atoms with Gasteiger partial charge in [-0.05, 0) is 23.8 Å². The Morgan fingerprint density at radius 2 is 1.87 bits per heavy atom. The molecule has 1 heteroatoms. The fourth-order valence-corrected chi connectivity index (χ4v) is 2.65. The predicted octanol–water partition coefficient (Wildman–Crippen LogP) is 3.33. The summed E-state index contributed by atoms with van der Waals surface area (Å²) in [6.45, 7) is 4.38. The normalized spacial score (nSPS) is 22.0. The summed E-state index contributed by atoms with van der Waals surface area (Å²) in [7, 11) is 0. The topological polar surface area (TPSA) is 17.1 Å². The van der Waals surface area contributed by atoms with E-state index in [1.807, 2.05) is 6.07 Å². The fourth-order valence-electron chi connectivity index (χ4n) is 2.65. The summed E-state index contributed by atoms with van der Waals surface area (Å²) in [4.78, 5) is 11.8. The zero-order valence-electron chi connectivity index (χ0n) is 9.49. The molecule has 1 unspecified atom stereocenters. The van der Waals surface area contributed by atoms with Gasteiger partial charge in [-0.1, -0.05) is 44.2 Å². The van der Waals surface area contributed by atoms with Gasteiger partial charge in [0.25, 0.3) is 0 Å². The van der Waals surface area contributed by atoms with Gasteiger partial charge in [0.15, 0.2) is 0 Å². The molecular weight excluding hydrogens is 184 g/mol. The van der Waals surface area contributed by atoms with E-state index in [0.717, 1.165) is 19.3 Å². The van der Waals surface area contributed by atoms with Crippen LogP contribution in [0.2, 0.25) is 0 Å². The molecule has 0 radical (unpaired) electrons. The van der Waals surface area contributed by atoms with Crippen LogP contribution in [-0.2, 0) is 10.2 Å². The zero-order valence-corrected chi connectivity index (χ0v) is 9.49. The summed E-state index contributed by atoms with van der Waals surface area (Å²) >= 11 is 0. The molecule has 1 aliphatic rings. The van der Waals surface area contributed by atoms with Crippen LogP contribution in [0.3, 0.4) is 0 Å². The van der Waals surface area contributed by atoms with E-state index in [0.29, 0.717) is 5.78 Å². The number of hydrogen-bond donors (Lipinski definition) is 0. The third-order valence-electron chi connectivity index (χ3n) is 3.69. The maximum Gasteiger partial charge on any atom is 0.136 e. The second kappa shape index (κ2) is 3.80. The van der Waals surface area contributed by atoms with Gasteiger partial charge >= 0.3 is 0 Å².